The molecule has 1 aliphatic heterocycles. The molecule has 2 N–H and O–H groups in total. The minimum absolute atomic E-state index is 0.130. The van der Waals surface area contributed by atoms with Crippen molar-refractivity contribution in [3.8, 4) is 11.4 Å². The lowest BCUT2D eigenvalue weighted by atomic mass is 10.2. The molecule has 3 heterocycles. The van der Waals surface area contributed by atoms with Gasteiger partial charge in [-0.3, -0.25) is 9.36 Å². The molecule has 10 nitrogen and oxygen atoms in total. The highest BCUT2D eigenvalue weighted by atomic mass is 19.1. The van der Waals surface area contributed by atoms with Crippen LogP contribution in [-0.4, -0.2) is 66.9 Å². The first-order chi connectivity index (χ1) is 13.5. The highest BCUT2D eigenvalue weighted by Crippen LogP contribution is 2.21. The molecule has 4 rings (SSSR count). The molecule has 0 unspecified atom stereocenters. The molecule has 0 bridgehead atoms. The summed E-state index contributed by atoms with van der Waals surface area (Å²) in [4.78, 5) is 39.2. The summed E-state index contributed by atoms with van der Waals surface area (Å²) in [6.45, 7) is 1.59. The summed E-state index contributed by atoms with van der Waals surface area (Å²) >= 11 is 0. The first-order valence-electron chi connectivity index (χ1n) is 8.40. The molecule has 144 valence electrons. The van der Waals surface area contributed by atoms with E-state index in [0.717, 1.165) is 10.6 Å². The number of anilines is 1. The molecule has 1 amide bonds. The minimum atomic E-state index is -1.03. The first kappa shape index (κ1) is 17.6. The SMILES string of the molecule is O=C(O)N1CCN(c2ncc(-n3cnc4ccc(O)c(F)c4c3=O)cn2)CC1. The van der Waals surface area contributed by atoms with Gasteiger partial charge in [0.15, 0.2) is 11.6 Å². The number of phenolic OH excluding ortho intramolecular Hbond substituents is 1. The van der Waals surface area contributed by atoms with Crippen LogP contribution in [0.25, 0.3) is 16.6 Å². The van der Waals surface area contributed by atoms with E-state index in [1.54, 1.807) is 0 Å². The number of piperazine rings is 1. The van der Waals surface area contributed by atoms with Crippen molar-refractivity contribution in [2.75, 3.05) is 31.1 Å². The van der Waals surface area contributed by atoms with Gasteiger partial charge < -0.3 is 20.0 Å². The molecule has 2 aromatic heterocycles. The molecule has 1 aromatic carbocycles. The van der Waals surface area contributed by atoms with Crippen LogP contribution in [0.1, 0.15) is 0 Å². The Morgan fingerprint density at radius 2 is 1.75 bits per heavy atom. The number of halogens is 1. The molecule has 11 heteroatoms. The van der Waals surface area contributed by atoms with Gasteiger partial charge in [-0.1, -0.05) is 0 Å². The Morgan fingerprint density at radius 3 is 2.39 bits per heavy atom. The van der Waals surface area contributed by atoms with Gasteiger partial charge in [0.25, 0.3) is 5.56 Å². The molecule has 0 aliphatic carbocycles. The van der Waals surface area contributed by atoms with E-state index < -0.39 is 23.2 Å². The number of hydrogen-bond acceptors (Lipinski definition) is 7. The van der Waals surface area contributed by atoms with Gasteiger partial charge in [0.05, 0.1) is 23.6 Å². The smallest absolute Gasteiger partial charge is 0.407 e. The number of carbonyl (C=O) groups is 1. The predicted molar refractivity (Wildman–Crippen MR) is 96.4 cm³/mol. The van der Waals surface area contributed by atoms with Crippen molar-refractivity contribution in [1.29, 1.82) is 0 Å². The van der Waals surface area contributed by atoms with Crippen LogP contribution in [0.15, 0.2) is 35.6 Å². The van der Waals surface area contributed by atoms with E-state index in [1.165, 1.54) is 29.7 Å². The lowest BCUT2D eigenvalue weighted by Gasteiger charge is -2.33. The number of benzene rings is 1. The average Bonchev–Trinajstić information content (AvgIpc) is 2.71. The summed E-state index contributed by atoms with van der Waals surface area (Å²) < 4.78 is 15.3. The summed E-state index contributed by atoms with van der Waals surface area (Å²) in [5, 5.41) is 18.2. The zero-order valence-corrected chi connectivity index (χ0v) is 14.5. The van der Waals surface area contributed by atoms with Crippen LogP contribution in [0.4, 0.5) is 15.1 Å². The largest absolute Gasteiger partial charge is 0.505 e. The van der Waals surface area contributed by atoms with E-state index in [2.05, 4.69) is 15.0 Å². The molecule has 1 saturated heterocycles. The quantitative estimate of drug-likeness (QED) is 0.663. The van der Waals surface area contributed by atoms with Crippen LogP contribution < -0.4 is 10.5 Å². The third-order valence-corrected chi connectivity index (χ3v) is 4.58. The summed E-state index contributed by atoms with van der Waals surface area (Å²) in [5.41, 5.74) is -0.273. The van der Waals surface area contributed by atoms with Gasteiger partial charge in [0.1, 0.15) is 11.7 Å². The van der Waals surface area contributed by atoms with Gasteiger partial charge in [-0.05, 0) is 12.1 Å². The number of rotatable bonds is 2. The summed E-state index contributed by atoms with van der Waals surface area (Å²) in [7, 11) is 0. The second kappa shape index (κ2) is 6.76. The first-order valence-corrected chi connectivity index (χ1v) is 8.40. The van der Waals surface area contributed by atoms with Crippen LogP contribution in [0, 0.1) is 5.82 Å². The Morgan fingerprint density at radius 1 is 1.07 bits per heavy atom. The van der Waals surface area contributed by atoms with Crippen molar-refractivity contribution >= 4 is 22.9 Å². The van der Waals surface area contributed by atoms with Crippen molar-refractivity contribution in [2.45, 2.75) is 0 Å². The standard InChI is InChI=1S/C17H15FN6O4/c18-14-12(25)2-1-11-13(14)15(26)24(9-21-11)10-7-19-16(20-8-10)22-3-5-23(6-4-22)17(27)28/h1-2,7-9,25H,3-6H2,(H,27,28). The zero-order valence-electron chi connectivity index (χ0n) is 14.5. The Labute approximate surface area is 157 Å². The molecule has 0 spiro atoms. The van der Waals surface area contributed by atoms with E-state index in [9.17, 15) is 19.1 Å². The van der Waals surface area contributed by atoms with E-state index in [4.69, 9.17) is 5.11 Å². The molecule has 0 atom stereocenters. The average molecular weight is 386 g/mol. The number of carboxylic acid groups (broad SMARTS) is 1. The Balaban J connectivity index is 1.63. The fourth-order valence-corrected chi connectivity index (χ4v) is 3.04. The molecular formula is C17H15FN6O4. The summed E-state index contributed by atoms with van der Waals surface area (Å²) in [5.74, 6) is -1.26. The topological polar surface area (TPSA) is 125 Å². The molecular weight excluding hydrogens is 371 g/mol. The van der Waals surface area contributed by atoms with Crippen molar-refractivity contribution in [2.24, 2.45) is 0 Å². The number of hydrogen-bond donors (Lipinski definition) is 2. The monoisotopic (exact) mass is 386 g/mol. The fraction of sp³-hybridized carbons (Fsp3) is 0.235. The maximum atomic E-state index is 14.2. The van der Waals surface area contributed by atoms with E-state index in [-0.39, 0.29) is 16.6 Å². The van der Waals surface area contributed by atoms with Crippen LogP contribution >= 0.6 is 0 Å². The van der Waals surface area contributed by atoms with Gasteiger partial charge >= 0.3 is 6.09 Å². The van der Waals surface area contributed by atoms with E-state index in [0.29, 0.717) is 32.1 Å². The van der Waals surface area contributed by atoms with Crippen molar-refractivity contribution in [3.63, 3.8) is 0 Å². The summed E-state index contributed by atoms with van der Waals surface area (Å²) in [6.07, 6.45) is 3.09. The third kappa shape index (κ3) is 2.96. The molecule has 28 heavy (non-hydrogen) atoms. The minimum Gasteiger partial charge on any atom is -0.505 e. The van der Waals surface area contributed by atoms with Crippen LogP contribution in [0.3, 0.4) is 0 Å². The number of aromatic hydroxyl groups is 1. The van der Waals surface area contributed by atoms with E-state index >= 15 is 0 Å². The maximum absolute atomic E-state index is 14.2. The number of phenols is 1. The van der Waals surface area contributed by atoms with Gasteiger partial charge in [-0.25, -0.2) is 24.1 Å². The maximum Gasteiger partial charge on any atom is 0.407 e. The Hall–Kier alpha value is -3.76. The zero-order chi connectivity index (χ0) is 19.8. The second-order valence-corrected chi connectivity index (χ2v) is 6.21. The highest BCUT2D eigenvalue weighted by Gasteiger charge is 2.22. The lowest BCUT2D eigenvalue weighted by Crippen LogP contribution is -2.48. The molecule has 1 aliphatic rings. The predicted octanol–water partition coefficient (Wildman–Crippen LogP) is 0.820. The number of fused-ring (bicyclic) bond motifs is 1. The number of nitrogens with zero attached hydrogens (tertiary/aromatic N) is 6. The highest BCUT2D eigenvalue weighted by molar-refractivity contribution is 5.80. The summed E-state index contributed by atoms with van der Waals surface area (Å²) in [6, 6.07) is 2.49. The van der Waals surface area contributed by atoms with Gasteiger partial charge in [-0.2, -0.15) is 0 Å². The van der Waals surface area contributed by atoms with E-state index in [1.807, 2.05) is 4.90 Å². The van der Waals surface area contributed by atoms with Crippen molar-refractivity contribution in [3.05, 3.63) is 47.0 Å². The van der Waals surface area contributed by atoms with Crippen LogP contribution in [0.5, 0.6) is 5.75 Å². The Bertz CT molecular complexity index is 1110. The Kier molecular flexibility index (Phi) is 4.26. The van der Waals surface area contributed by atoms with Crippen LogP contribution in [-0.2, 0) is 0 Å². The van der Waals surface area contributed by atoms with Gasteiger partial charge in [0.2, 0.25) is 5.95 Å². The normalized spacial score (nSPS) is 14.5. The molecule has 3 aromatic rings. The van der Waals surface area contributed by atoms with Gasteiger partial charge in [-0.15, -0.1) is 0 Å². The molecule has 1 fully saturated rings. The second-order valence-electron chi connectivity index (χ2n) is 6.21. The lowest BCUT2D eigenvalue weighted by molar-refractivity contribution is 0.142. The molecule has 0 radical (unpaired) electrons. The molecule has 0 saturated carbocycles. The van der Waals surface area contributed by atoms with Crippen molar-refractivity contribution < 1.29 is 19.4 Å². The third-order valence-electron chi connectivity index (χ3n) is 4.58. The number of amides is 1. The van der Waals surface area contributed by atoms with Gasteiger partial charge in [0, 0.05) is 26.2 Å². The van der Waals surface area contributed by atoms with Crippen molar-refractivity contribution in [1.82, 2.24) is 24.4 Å². The van der Waals surface area contributed by atoms with Crippen LogP contribution in [0.2, 0.25) is 0 Å². The number of aromatic nitrogens is 4. The fourth-order valence-electron chi connectivity index (χ4n) is 3.04.